The zero-order valence-corrected chi connectivity index (χ0v) is 11.7. The Kier molecular flexibility index (Phi) is 3.33. The van der Waals surface area contributed by atoms with Crippen LogP contribution in [0.3, 0.4) is 0 Å². The Hall–Kier alpha value is -2.43. The van der Waals surface area contributed by atoms with Crippen LogP contribution in [0.4, 0.5) is 5.82 Å². The Morgan fingerprint density at radius 1 is 1.20 bits per heavy atom. The second-order valence-corrected chi connectivity index (χ2v) is 4.69. The summed E-state index contributed by atoms with van der Waals surface area (Å²) in [5.41, 5.74) is 3.94. The van der Waals surface area contributed by atoms with Gasteiger partial charge in [0.25, 0.3) is 0 Å². The SMILES string of the molecule is CCCNc1ncnc(-c2cccc3nccn23)c1C. The number of hydrogen-bond acceptors (Lipinski definition) is 4. The highest BCUT2D eigenvalue weighted by molar-refractivity contribution is 5.67. The van der Waals surface area contributed by atoms with Crippen LogP contribution in [0.1, 0.15) is 18.9 Å². The number of rotatable bonds is 4. The lowest BCUT2D eigenvalue weighted by Gasteiger charge is -2.12. The van der Waals surface area contributed by atoms with Gasteiger partial charge in [0.1, 0.15) is 17.8 Å². The van der Waals surface area contributed by atoms with E-state index < -0.39 is 0 Å². The minimum atomic E-state index is 0.897. The highest BCUT2D eigenvalue weighted by atomic mass is 15.0. The second-order valence-electron chi connectivity index (χ2n) is 4.69. The van der Waals surface area contributed by atoms with Crippen molar-refractivity contribution in [3.05, 3.63) is 42.5 Å². The van der Waals surface area contributed by atoms with E-state index in [1.807, 2.05) is 35.7 Å². The summed E-state index contributed by atoms with van der Waals surface area (Å²) in [5.74, 6) is 0.897. The summed E-state index contributed by atoms with van der Waals surface area (Å²) < 4.78 is 2.04. The molecule has 0 aliphatic heterocycles. The molecule has 3 heterocycles. The maximum Gasteiger partial charge on any atom is 0.137 e. The van der Waals surface area contributed by atoms with Crippen molar-refractivity contribution < 1.29 is 0 Å². The second kappa shape index (κ2) is 5.28. The molecular formula is C15H17N5. The van der Waals surface area contributed by atoms with Gasteiger partial charge in [-0.1, -0.05) is 13.0 Å². The van der Waals surface area contributed by atoms with Crippen LogP contribution >= 0.6 is 0 Å². The van der Waals surface area contributed by atoms with E-state index in [-0.39, 0.29) is 0 Å². The lowest BCUT2D eigenvalue weighted by atomic mass is 10.1. The fourth-order valence-corrected chi connectivity index (χ4v) is 2.27. The first-order valence-electron chi connectivity index (χ1n) is 6.79. The predicted octanol–water partition coefficient (Wildman–Crippen LogP) is 2.92. The Balaban J connectivity index is 2.12. The van der Waals surface area contributed by atoms with Gasteiger partial charge in [-0.25, -0.2) is 15.0 Å². The van der Waals surface area contributed by atoms with Crippen LogP contribution < -0.4 is 5.32 Å². The number of nitrogens with zero attached hydrogens (tertiary/aromatic N) is 4. The molecule has 0 atom stereocenters. The fraction of sp³-hybridized carbons (Fsp3) is 0.267. The summed E-state index contributed by atoms with van der Waals surface area (Å²) >= 11 is 0. The molecule has 20 heavy (non-hydrogen) atoms. The Bertz CT molecular complexity index is 732. The molecule has 1 N–H and O–H groups in total. The predicted molar refractivity (Wildman–Crippen MR) is 79.7 cm³/mol. The molecule has 0 bridgehead atoms. The maximum atomic E-state index is 4.45. The molecule has 0 fully saturated rings. The van der Waals surface area contributed by atoms with Crippen molar-refractivity contribution >= 4 is 11.5 Å². The lowest BCUT2D eigenvalue weighted by molar-refractivity contribution is 0.959. The summed E-state index contributed by atoms with van der Waals surface area (Å²) in [7, 11) is 0. The van der Waals surface area contributed by atoms with Gasteiger partial charge >= 0.3 is 0 Å². The average Bonchev–Trinajstić information content (AvgIpc) is 2.95. The van der Waals surface area contributed by atoms with Gasteiger partial charge < -0.3 is 5.32 Å². The van der Waals surface area contributed by atoms with Crippen LogP contribution in [0.15, 0.2) is 36.9 Å². The number of fused-ring (bicyclic) bond motifs is 1. The van der Waals surface area contributed by atoms with Crippen molar-refractivity contribution in [3.8, 4) is 11.4 Å². The highest BCUT2D eigenvalue weighted by Gasteiger charge is 2.11. The molecular weight excluding hydrogens is 250 g/mol. The molecule has 3 aromatic heterocycles. The van der Waals surface area contributed by atoms with Gasteiger partial charge in [-0.2, -0.15) is 0 Å². The zero-order valence-electron chi connectivity index (χ0n) is 11.7. The normalized spacial score (nSPS) is 10.9. The molecule has 5 nitrogen and oxygen atoms in total. The molecule has 3 rings (SSSR count). The van der Waals surface area contributed by atoms with Gasteiger partial charge in [0.15, 0.2) is 0 Å². The molecule has 0 aliphatic carbocycles. The molecule has 3 aromatic rings. The summed E-state index contributed by atoms with van der Waals surface area (Å²) in [5, 5.41) is 3.34. The highest BCUT2D eigenvalue weighted by Crippen LogP contribution is 2.25. The van der Waals surface area contributed by atoms with Gasteiger partial charge in [0.05, 0.1) is 11.4 Å². The van der Waals surface area contributed by atoms with Crippen LogP contribution in [0.25, 0.3) is 17.0 Å². The lowest BCUT2D eigenvalue weighted by Crippen LogP contribution is -2.06. The number of aromatic nitrogens is 4. The third-order valence-electron chi connectivity index (χ3n) is 3.30. The summed E-state index contributed by atoms with van der Waals surface area (Å²) in [6.07, 6.45) is 6.42. The molecule has 102 valence electrons. The first kappa shape index (κ1) is 12.6. The van der Waals surface area contributed by atoms with E-state index in [9.17, 15) is 0 Å². The Morgan fingerprint density at radius 3 is 2.95 bits per heavy atom. The quantitative estimate of drug-likeness (QED) is 0.789. The number of pyridine rings is 1. The molecule has 0 radical (unpaired) electrons. The van der Waals surface area contributed by atoms with Crippen LogP contribution in [0.2, 0.25) is 0 Å². The van der Waals surface area contributed by atoms with Gasteiger partial charge in [0.2, 0.25) is 0 Å². The van der Waals surface area contributed by atoms with E-state index in [0.717, 1.165) is 41.4 Å². The van der Waals surface area contributed by atoms with Gasteiger partial charge in [-0.3, -0.25) is 4.40 Å². The molecule has 0 aliphatic rings. The van der Waals surface area contributed by atoms with E-state index in [1.54, 1.807) is 12.5 Å². The largest absolute Gasteiger partial charge is 0.370 e. The van der Waals surface area contributed by atoms with Crippen molar-refractivity contribution in [2.75, 3.05) is 11.9 Å². The fourth-order valence-electron chi connectivity index (χ4n) is 2.27. The summed E-state index contributed by atoms with van der Waals surface area (Å²) in [4.78, 5) is 13.1. The number of nitrogens with one attached hydrogen (secondary N) is 1. The molecule has 0 amide bonds. The van der Waals surface area contributed by atoms with E-state index in [2.05, 4.69) is 27.2 Å². The zero-order chi connectivity index (χ0) is 13.9. The topological polar surface area (TPSA) is 55.1 Å². The van der Waals surface area contributed by atoms with Crippen molar-refractivity contribution in [1.29, 1.82) is 0 Å². The van der Waals surface area contributed by atoms with E-state index in [4.69, 9.17) is 0 Å². The van der Waals surface area contributed by atoms with Crippen molar-refractivity contribution in [3.63, 3.8) is 0 Å². The minimum absolute atomic E-state index is 0.897. The standard InChI is InChI=1S/C15H17N5/c1-3-7-17-15-11(2)14(18-10-19-15)12-5-4-6-13-16-8-9-20(12)13/h4-6,8-10H,3,7H2,1-2H3,(H,17,18,19). The van der Waals surface area contributed by atoms with E-state index in [1.165, 1.54) is 0 Å². The number of imidazole rings is 1. The summed E-state index contributed by atoms with van der Waals surface area (Å²) in [6, 6.07) is 6.03. The van der Waals surface area contributed by atoms with Crippen LogP contribution in [0, 0.1) is 6.92 Å². The Labute approximate surface area is 117 Å². The smallest absolute Gasteiger partial charge is 0.137 e. The van der Waals surface area contributed by atoms with E-state index in [0.29, 0.717) is 0 Å². The molecule has 0 saturated carbocycles. The minimum Gasteiger partial charge on any atom is -0.370 e. The first-order valence-corrected chi connectivity index (χ1v) is 6.79. The third kappa shape index (κ3) is 2.11. The summed E-state index contributed by atoms with van der Waals surface area (Å²) in [6.45, 7) is 5.09. The van der Waals surface area contributed by atoms with Crippen molar-refractivity contribution in [2.24, 2.45) is 0 Å². The Morgan fingerprint density at radius 2 is 2.10 bits per heavy atom. The molecule has 5 heteroatoms. The van der Waals surface area contributed by atoms with E-state index >= 15 is 0 Å². The van der Waals surface area contributed by atoms with Crippen LogP contribution in [-0.4, -0.2) is 25.9 Å². The molecule has 0 spiro atoms. The van der Waals surface area contributed by atoms with Gasteiger partial charge in [-0.15, -0.1) is 0 Å². The molecule has 0 unspecified atom stereocenters. The first-order chi connectivity index (χ1) is 9.81. The molecule has 0 saturated heterocycles. The monoisotopic (exact) mass is 267 g/mol. The van der Waals surface area contributed by atoms with Crippen molar-refractivity contribution in [2.45, 2.75) is 20.3 Å². The molecule has 0 aromatic carbocycles. The number of hydrogen-bond donors (Lipinski definition) is 1. The average molecular weight is 267 g/mol. The van der Waals surface area contributed by atoms with Gasteiger partial charge in [0, 0.05) is 24.5 Å². The van der Waals surface area contributed by atoms with Crippen LogP contribution in [0.5, 0.6) is 0 Å². The van der Waals surface area contributed by atoms with Gasteiger partial charge in [-0.05, 0) is 25.5 Å². The number of anilines is 1. The maximum absolute atomic E-state index is 4.45. The van der Waals surface area contributed by atoms with Crippen molar-refractivity contribution in [1.82, 2.24) is 19.4 Å². The third-order valence-corrected chi connectivity index (χ3v) is 3.30. The van der Waals surface area contributed by atoms with Crippen LogP contribution in [-0.2, 0) is 0 Å².